The van der Waals surface area contributed by atoms with Gasteiger partial charge >= 0.3 is 0 Å². The second kappa shape index (κ2) is 26.4. The first-order valence-corrected chi connectivity index (χ1v) is 16.9. The number of amides is 1. The van der Waals surface area contributed by atoms with Gasteiger partial charge in [-0.3, -0.25) is 4.79 Å². The molecule has 0 aliphatic carbocycles. The van der Waals surface area contributed by atoms with E-state index in [4.69, 9.17) is 9.47 Å². The van der Waals surface area contributed by atoms with E-state index in [2.05, 4.69) is 55.6 Å². The lowest BCUT2D eigenvalue weighted by molar-refractivity contribution is -0.302. The molecule has 0 aromatic heterocycles. The Bertz CT molecular complexity index is 828. The number of aliphatic hydroxyl groups is 5. The number of rotatable bonds is 25. The summed E-state index contributed by atoms with van der Waals surface area (Å²) in [5, 5.41) is 53.6. The molecule has 1 amide bonds. The van der Waals surface area contributed by atoms with Gasteiger partial charge in [0.05, 0.1) is 25.4 Å². The lowest BCUT2D eigenvalue weighted by Gasteiger charge is -2.40. The van der Waals surface area contributed by atoms with Crippen molar-refractivity contribution in [3.8, 4) is 0 Å². The first kappa shape index (κ1) is 40.2. The van der Waals surface area contributed by atoms with Gasteiger partial charge < -0.3 is 40.3 Å². The number of carbonyl (C=O) groups excluding carboxylic acids is 1. The van der Waals surface area contributed by atoms with Gasteiger partial charge in [-0.1, -0.05) is 94.6 Å². The van der Waals surface area contributed by atoms with Crippen LogP contribution < -0.4 is 5.32 Å². The third kappa shape index (κ3) is 18.2. The first-order chi connectivity index (χ1) is 21.3. The van der Waals surface area contributed by atoms with Crippen LogP contribution in [0, 0.1) is 0 Å². The van der Waals surface area contributed by atoms with Crippen molar-refractivity contribution in [2.75, 3.05) is 13.2 Å². The molecular formula is C35H61NO8. The molecule has 0 aromatic rings. The number of carbonyl (C=O) groups is 1. The molecular weight excluding hydrogens is 562 g/mol. The maximum atomic E-state index is 12.7. The van der Waals surface area contributed by atoms with E-state index < -0.39 is 49.5 Å². The van der Waals surface area contributed by atoms with Crippen LogP contribution in [0.1, 0.15) is 110 Å². The highest BCUT2D eigenvalue weighted by atomic mass is 16.7. The van der Waals surface area contributed by atoms with Gasteiger partial charge in [-0.15, -0.1) is 0 Å². The van der Waals surface area contributed by atoms with E-state index in [1.807, 2.05) is 6.08 Å². The van der Waals surface area contributed by atoms with E-state index in [0.717, 1.165) is 77.0 Å². The van der Waals surface area contributed by atoms with Crippen LogP contribution in [-0.2, 0) is 14.3 Å². The minimum atomic E-state index is -1.57. The molecule has 1 rings (SSSR count). The van der Waals surface area contributed by atoms with Crippen LogP contribution in [-0.4, -0.2) is 87.5 Å². The van der Waals surface area contributed by atoms with Crippen molar-refractivity contribution in [3.05, 3.63) is 48.6 Å². The molecule has 0 bridgehead atoms. The summed E-state index contributed by atoms with van der Waals surface area (Å²) in [6.07, 6.45) is 23.1. The van der Waals surface area contributed by atoms with Crippen molar-refractivity contribution in [2.24, 2.45) is 0 Å². The van der Waals surface area contributed by atoms with Crippen molar-refractivity contribution in [3.63, 3.8) is 0 Å². The molecule has 1 saturated heterocycles. The summed E-state index contributed by atoms with van der Waals surface area (Å²) in [4.78, 5) is 12.7. The lowest BCUT2D eigenvalue weighted by Crippen LogP contribution is -2.60. The average Bonchev–Trinajstić information content (AvgIpc) is 3.02. The van der Waals surface area contributed by atoms with Gasteiger partial charge in [-0.2, -0.15) is 0 Å². The zero-order valence-electron chi connectivity index (χ0n) is 27.1. The maximum absolute atomic E-state index is 12.7. The zero-order valence-corrected chi connectivity index (χ0v) is 27.1. The first-order valence-electron chi connectivity index (χ1n) is 16.9. The molecule has 0 aromatic carbocycles. The topological polar surface area (TPSA) is 149 Å². The van der Waals surface area contributed by atoms with Gasteiger partial charge in [0.2, 0.25) is 5.91 Å². The van der Waals surface area contributed by atoms with Crippen LogP contribution in [0.4, 0.5) is 0 Å². The van der Waals surface area contributed by atoms with Crippen molar-refractivity contribution in [1.82, 2.24) is 5.32 Å². The summed E-state index contributed by atoms with van der Waals surface area (Å²) in [6.45, 7) is 3.56. The Morgan fingerprint density at radius 2 is 1.34 bits per heavy atom. The Balaban J connectivity index is 2.59. The molecule has 6 N–H and O–H groups in total. The summed E-state index contributed by atoms with van der Waals surface area (Å²) in [6, 6.07) is -0.829. The highest BCUT2D eigenvalue weighted by Crippen LogP contribution is 2.22. The molecule has 9 heteroatoms. The maximum Gasteiger partial charge on any atom is 0.220 e. The summed E-state index contributed by atoms with van der Waals surface area (Å²) in [5.41, 5.74) is 0. The van der Waals surface area contributed by atoms with E-state index >= 15 is 0 Å². The predicted octanol–water partition coefficient (Wildman–Crippen LogP) is 4.76. The monoisotopic (exact) mass is 623 g/mol. The number of nitrogens with one attached hydrogen (secondary N) is 1. The van der Waals surface area contributed by atoms with Gasteiger partial charge in [0.15, 0.2) is 6.29 Å². The van der Waals surface area contributed by atoms with Gasteiger partial charge in [0.25, 0.3) is 0 Å². The third-order valence-corrected chi connectivity index (χ3v) is 7.58. The standard InChI is InChI=1S/C35H61NO8/c1-3-5-7-9-11-13-15-16-18-20-22-24-29(38)28(27-43-35-34(42)33(41)32(40)30(26-37)44-35)36-31(39)25-23-21-19-17-14-12-10-8-6-4-2/h7,9-10,12,15-16,22,24,28-30,32-35,37-38,40-42H,3-6,8,11,13-14,17-21,23,25-27H2,1-2H3,(H,36,39)/b9-7+,12-10-,16-15+,24-22+. The second-order valence-electron chi connectivity index (χ2n) is 11.6. The Labute approximate surface area is 265 Å². The molecule has 1 aliphatic heterocycles. The van der Waals surface area contributed by atoms with Crippen molar-refractivity contribution in [2.45, 2.75) is 153 Å². The Morgan fingerprint density at radius 1 is 0.750 bits per heavy atom. The molecule has 254 valence electrons. The molecule has 44 heavy (non-hydrogen) atoms. The molecule has 9 nitrogen and oxygen atoms in total. The van der Waals surface area contributed by atoms with Gasteiger partial charge in [-0.25, -0.2) is 0 Å². The van der Waals surface area contributed by atoms with Crippen LogP contribution in [0.2, 0.25) is 0 Å². The molecule has 0 saturated carbocycles. The number of ether oxygens (including phenoxy) is 2. The molecule has 1 heterocycles. The third-order valence-electron chi connectivity index (χ3n) is 7.58. The molecule has 1 fully saturated rings. The number of aliphatic hydroxyl groups excluding tert-OH is 5. The number of hydrogen-bond donors (Lipinski definition) is 6. The number of hydrogen-bond acceptors (Lipinski definition) is 8. The normalized spacial score (nSPS) is 24.2. The second-order valence-corrected chi connectivity index (χ2v) is 11.6. The van der Waals surface area contributed by atoms with Crippen molar-refractivity contribution < 1.29 is 39.8 Å². The van der Waals surface area contributed by atoms with E-state index in [-0.39, 0.29) is 12.5 Å². The van der Waals surface area contributed by atoms with Crippen LogP contribution in [0.5, 0.6) is 0 Å². The highest BCUT2D eigenvalue weighted by molar-refractivity contribution is 5.76. The largest absolute Gasteiger partial charge is 0.394 e. The number of allylic oxidation sites excluding steroid dienone is 7. The Morgan fingerprint density at radius 3 is 1.98 bits per heavy atom. The minimum Gasteiger partial charge on any atom is -0.394 e. The summed E-state index contributed by atoms with van der Waals surface area (Å²) >= 11 is 0. The zero-order chi connectivity index (χ0) is 32.4. The fourth-order valence-corrected chi connectivity index (χ4v) is 4.76. The van der Waals surface area contributed by atoms with E-state index in [9.17, 15) is 30.3 Å². The Kier molecular flexibility index (Phi) is 24.1. The fraction of sp³-hybridized carbons (Fsp3) is 0.743. The summed E-state index contributed by atoms with van der Waals surface area (Å²) < 4.78 is 11.1. The van der Waals surface area contributed by atoms with Crippen LogP contribution in [0.15, 0.2) is 48.6 Å². The van der Waals surface area contributed by atoms with E-state index in [1.165, 1.54) is 12.8 Å². The minimum absolute atomic E-state index is 0.213. The van der Waals surface area contributed by atoms with Crippen LogP contribution in [0.25, 0.3) is 0 Å². The predicted molar refractivity (Wildman–Crippen MR) is 175 cm³/mol. The van der Waals surface area contributed by atoms with Gasteiger partial charge in [0, 0.05) is 6.42 Å². The molecule has 7 atom stereocenters. The van der Waals surface area contributed by atoms with Crippen molar-refractivity contribution in [1.29, 1.82) is 0 Å². The molecule has 0 radical (unpaired) electrons. The quantitative estimate of drug-likeness (QED) is 0.0630. The van der Waals surface area contributed by atoms with Crippen molar-refractivity contribution >= 4 is 5.91 Å². The van der Waals surface area contributed by atoms with Gasteiger partial charge in [0.1, 0.15) is 24.4 Å². The Hall–Kier alpha value is -1.85. The summed E-state index contributed by atoms with van der Waals surface area (Å²) in [5.74, 6) is -0.213. The van der Waals surface area contributed by atoms with Gasteiger partial charge in [-0.05, 0) is 57.8 Å². The fourth-order valence-electron chi connectivity index (χ4n) is 4.76. The lowest BCUT2D eigenvalue weighted by atomic mass is 9.99. The average molecular weight is 624 g/mol. The smallest absolute Gasteiger partial charge is 0.220 e. The molecule has 0 spiro atoms. The SMILES string of the molecule is CCC/C=C/CC/C=C/CC/C=C/C(O)C(COC1OC(CO)C(O)C(O)C1O)NC(=O)CCCCCC/C=C\CCCC. The van der Waals surface area contributed by atoms with Crippen LogP contribution >= 0.6 is 0 Å². The van der Waals surface area contributed by atoms with Crippen LogP contribution in [0.3, 0.4) is 0 Å². The highest BCUT2D eigenvalue weighted by Gasteiger charge is 2.44. The number of unbranched alkanes of at least 4 members (excludes halogenated alkanes) is 9. The summed E-state index contributed by atoms with van der Waals surface area (Å²) in [7, 11) is 0. The van der Waals surface area contributed by atoms with E-state index in [0.29, 0.717) is 6.42 Å². The molecule has 1 aliphatic rings. The van der Waals surface area contributed by atoms with E-state index in [1.54, 1.807) is 6.08 Å². The molecule has 7 unspecified atom stereocenters.